The Morgan fingerprint density at radius 2 is 2.08 bits per heavy atom. The van der Waals surface area contributed by atoms with Crippen molar-refractivity contribution < 1.29 is 8.42 Å². The van der Waals surface area contributed by atoms with E-state index in [9.17, 15) is 8.42 Å². The van der Waals surface area contributed by atoms with E-state index < -0.39 is 10.0 Å². The summed E-state index contributed by atoms with van der Waals surface area (Å²) in [7, 11) is -1.91. The Bertz CT molecular complexity index is 977. The maximum absolute atomic E-state index is 12.9. The molecular formula is C15H18N6O2S. The van der Waals surface area contributed by atoms with Crippen LogP contribution in [0, 0.1) is 0 Å². The zero-order valence-electron chi connectivity index (χ0n) is 13.3. The minimum absolute atomic E-state index is 0.0270. The Morgan fingerprint density at radius 3 is 2.88 bits per heavy atom. The molecule has 0 saturated carbocycles. The van der Waals surface area contributed by atoms with Crippen LogP contribution >= 0.6 is 0 Å². The third kappa shape index (κ3) is 2.40. The average molecular weight is 346 g/mol. The molecule has 1 saturated heterocycles. The fourth-order valence-corrected chi connectivity index (χ4v) is 4.88. The van der Waals surface area contributed by atoms with E-state index in [1.165, 1.54) is 21.3 Å². The molecule has 1 atom stereocenters. The number of aryl methyl sites for hydroxylation is 1. The van der Waals surface area contributed by atoms with Crippen LogP contribution in [0.15, 0.2) is 41.7 Å². The monoisotopic (exact) mass is 346 g/mol. The van der Waals surface area contributed by atoms with Gasteiger partial charge in [0.2, 0.25) is 0 Å². The van der Waals surface area contributed by atoms with Gasteiger partial charge in [-0.25, -0.2) is 8.42 Å². The highest BCUT2D eigenvalue weighted by molar-refractivity contribution is 7.89. The third-order valence-electron chi connectivity index (χ3n) is 4.47. The number of aromatic nitrogens is 5. The van der Waals surface area contributed by atoms with Crippen LogP contribution in [0.25, 0.3) is 5.65 Å². The fourth-order valence-electron chi connectivity index (χ4n) is 3.26. The Kier molecular flexibility index (Phi) is 3.61. The first-order valence-electron chi connectivity index (χ1n) is 7.85. The molecule has 0 spiro atoms. The summed E-state index contributed by atoms with van der Waals surface area (Å²) in [6, 6.07) is 7.26. The molecule has 0 amide bonds. The zero-order valence-corrected chi connectivity index (χ0v) is 14.1. The van der Waals surface area contributed by atoms with Crippen LogP contribution in [0.3, 0.4) is 0 Å². The number of pyridine rings is 1. The molecular weight excluding hydrogens is 328 g/mol. The smallest absolute Gasteiger partial charge is 0.260 e. The molecule has 0 radical (unpaired) electrons. The van der Waals surface area contributed by atoms with E-state index in [4.69, 9.17) is 0 Å². The minimum Gasteiger partial charge on any atom is -0.286 e. The highest BCUT2D eigenvalue weighted by Crippen LogP contribution is 2.29. The van der Waals surface area contributed by atoms with Crippen LogP contribution in [0.1, 0.15) is 24.6 Å². The van der Waals surface area contributed by atoms with Crippen LogP contribution in [0.2, 0.25) is 0 Å². The molecule has 3 aromatic rings. The summed E-state index contributed by atoms with van der Waals surface area (Å²) in [5.41, 5.74) is 0.777. The highest BCUT2D eigenvalue weighted by Gasteiger charge is 2.34. The quantitative estimate of drug-likeness (QED) is 0.707. The van der Waals surface area contributed by atoms with Gasteiger partial charge < -0.3 is 0 Å². The molecule has 0 aromatic carbocycles. The first kappa shape index (κ1) is 15.3. The number of sulfonamides is 1. The second-order valence-electron chi connectivity index (χ2n) is 5.98. The van der Waals surface area contributed by atoms with Crippen LogP contribution in [0.4, 0.5) is 0 Å². The minimum atomic E-state index is -3.55. The van der Waals surface area contributed by atoms with Crippen molar-refractivity contribution in [1.82, 2.24) is 28.7 Å². The van der Waals surface area contributed by atoms with Crippen LogP contribution < -0.4 is 0 Å². The molecule has 4 heterocycles. The molecule has 3 aromatic heterocycles. The van der Waals surface area contributed by atoms with E-state index in [-0.39, 0.29) is 10.9 Å². The summed E-state index contributed by atoms with van der Waals surface area (Å²) in [5.74, 6) is 0.842. The predicted octanol–water partition coefficient (Wildman–Crippen LogP) is 1.03. The van der Waals surface area contributed by atoms with Crippen molar-refractivity contribution in [3.63, 3.8) is 0 Å². The van der Waals surface area contributed by atoms with Crippen molar-refractivity contribution >= 4 is 15.7 Å². The van der Waals surface area contributed by atoms with Crippen molar-refractivity contribution in [2.75, 3.05) is 13.1 Å². The molecule has 1 fully saturated rings. The van der Waals surface area contributed by atoms with Crippen molar-refractivity contribution in [3.05, 3.63) is 42.5 Å². The molecule has 0 N–H and O–H groups in total. The molecule has 1 unspecified atom stereocenters. The van der Waals surface area contributed by atoms with Gasteiger partial charge in [0, 0.05) is 32.3 Å². The van der Waals surface area contributed by atoms with Crippen molar-refractivity contribution in [3.8, 4) is 0 Å². The molecule has 8 nitrogen and oxygen atoms in total. The summed E-state index contributed by atoms with van der Waals surface area (Å²) >= 11 is 0. The van der Waals surface area contributed by atoms with Gasteiger partial charge in [-0.1, -0.05) is 6.07 Å². The number of nitrogens with zero attached hydrogens (tertiary/aromatic N) is 6. The molecule has 24 heavy (non-hydrogen) atoms. The Hall–Kier alpha value is -2.26. The van der Waals surface area contributed by atoms with E-state index in [0.29, 0.717) is 13.1 Å². The Morgan fingerprint density at radius 1 is 1.21 bits per heavy atom. The normalized spacial score (nSPS) is 19.8. The summed E-state index contributed by atoms with van der Waals surface area (Å²) in [5, 5.41) is 12.7. The van der Waals surface area contributed by atoms with Gasteiger partial charge in [0.05, 0.1) is 6.20 Å². The van der Waals surface area contributed by atoms with Gasteiger partial charge in [0.15, 0.2) is 10.7 Å². The van der Waals surface area contributed by atoms with Gasteiger partial charge in [-0.2, -0.15) is 9.40 Å². The summed E-state index contributed by atoms with van der Waals surface area (Å²) in [6.07, 6.45) is 5.11. The average Bonchev–Trinajstić information content (AvgIpc) is 3.21. The van der Waals surface area contributed by atoms with Crippen molar-refractivity contribution in [2.24, 2.45) is 7.05 Å². The Labute approximate surface area is 139 Å². The largest absolute Gasteiger partial charge is 0.286 e. The highest BCUT2D eigenvalue weighted by atomic mass is 32.2. The maximum Gasteiger partial charge on any atom is 0.260 e. The number of piperidine rings is 1. The van der Waals surface area contributed by atoms with Crippen molar-refractivity contribution in [2.45, 2.75) is 23.8 Å². The molecule has 9 heteroatoms. The molecule has 4 rings (SSSR count). The van der Waals surface area contributed by atoms with Gasteiger partial charge in [0.1, 0.15) is 5.82 Å². The summed E-state index contributed by atoms with van der Waals surface area (Å²) < 4.78 is 30.6. The molecule has 126 valence electrons. The molecule has 0 bridgehead atoms. The SMILES string of the molecule is Cn1nccc1S(=O)(=O)N1CCCC(c2nnc3ccccn23)C1. The molecule has 1 aliphatic rings. The van der Waals surface area contributed by atoms with Gasteiger partial charge in [-0.3, -0.25) is 9.08 Å². The first-order chi connectivity index (χ1) is 11.6. The van der Waals surface area contributed by atoms with Crippen molar-refractivity contribution in [1.29, 1.82) is 0 Å². The van der Waals surface area contributed by atoms with E-state index in [0.717, 1.165) is 24.3 Å². The van der Waals surface area contributed by atoms with Crippen LogP contribution in [-0.4, -0.2) is 50.2 Å². The van der Waals surface area contributed by atoms with E-state index in [1.54, 1.807) is 7.05 Å². The lowest BCUT2D eigenvalue weighted by Crippen LogP contribution is -2.40. The maximum atomic E-state index is 12.9. The first-order valence-corrected chi connectivity index (χ1v) is 9.29. The topological polar surface area (TPSA) is 85.4 Å². The standard InChI is InChI=1S/C15H18N6O2S/c1-19-14(7-8-16-19)24(22,23)20-9-4-5-12(11-20)15-18-17-13-6-2-3-10-21(13)15/h2-3,6-8,10,12H,4-5,9,11H2,1H3. The van der Waals surface area contributed by atoms with Crippen LogP contribution in [-0.2, 0) is 17.1 Å². The van der Waals surface area contributed by atoms with Gasteiger partial charge in [-0.15, -0.1) is 10.2 Å². The van der Waals surface area contributed by atoms with Gasteiger partial charge in [0.25, 0.3) is 10.0 Å². The predicted molar refractivity (Wildman–Crippen MR) is 86.9 cm³/mol. The second-order valence-corrected chi connectivity index (χ2v) is 7.87. The number of hydrogen-bond acceptors (Lipinski definition) is 5. The third-order valence-corrected chi connectivity index (χ3v) is 6.41. The van der Waals surface area contributed by atoms with E-state index in [1.807, 2.05) is 28.8 Å². The van der Waals surface area contributed by atoms with Gasteiger partial charge >= 0.3 is 0 Å². The number of rotatable bonds is 3. The fraction of sp³-hybridized carbons (Fsp3) is 0.400. The lowest BCUT2D eigenvalue weighted by Gasteiger charge is -2.30. The van der Waals surface area contributed by atoms with Crippen LogP contribution in [0.5, 0.6) is 0 Å². The lowest BCUT2D eigenvalue weighted by atomic mass is 9.99. The van der Waals surface area contributed by atoms with E-state index in [2.05, 4.69) is 15.3 Å². The molecule has 0 aliphatic carbocycles. The lowest BCUT2D eigenvalue weighted by molar-refractivity contribution is 0.306. The number of hydrogen-bond donors (Lipinski definition) is 0. The number of fused-ring (bicyclic) bond motifs is 1. The summed E-state index contributed by atoms with van der Waals surface area (Å²) in [6.45, 7) is 0.921. The van der Waals surface area contributed by atoms with E-state index >= 15 is 0 Å². The second kappa shape index (κ2) is 5.67. The van der Waals surface area contributed by atoms with Gasteiger partial charge in [-0.05, 0) is 31.0 Å². The Balaban J connectivity index is 1.66. The summed E-state index contributed by atoms with van der Waals surface area (Å²) in [4.78, 5) is 0. The molecule has 1 aliphatic heterocycles. The zero-order chi connectivity index (χ0) is 16.7.